The van der Waals surface area contributed by atoms with E-state index in [0.29, 0.717) is 17.3 Å². The Bertz CT molecular complexity index is 447. The summed E-state index contributed by atoms with van der Waals surface area (Å²) < 4.78 is 10.9. The van der Waals surface area contributed by atoms with Crippen LogP contribution in [0, 0.1) is 0 Å². The van der Waals surface area contributed by atoms with E-state index >= 15 is 0 Å². The van der Waals surface area contributed by atoms with E-state index in [1.807, 2.05) is 7.05 Å². The lowest BCUT2D eigenvalue weighted by atomic mass is 10.1. The topological polar surface area (TPSA) is 41.9 Å². The van der Waals surface area contributed by atoms with Gasteiger partial charge >= 0.3 is 0 Å². The minimum atomic E-state index is 0.160. The van der Waals surface area contributed by atoms with Gasteiger partial charge in [-0.2, -0.15) is 0 Å². The summed E-state index contributed by atoms with van der Waals surface area (Å²) in [5.41, 5.74) is 0.771. The van der Waals surface area contributed by atoms with Gasteiger partial charge in [0.1, 0.15) is 0 Å². The van der Waals surface area contributed by atoms with E-state index in [2.05, 4.69) is 4.90 Å². The quantitative estimate of drug-likeness (QED) is 0.907. The molecule has 1 aliphatic heterocycles. The van der Waals surface area contributed by atoms with E-state index in [1.165, 1.54) is 13.5 Å². The van der Waals surface area contributed by atoms with Gasteiger partial charge in [-0.15, -0.1) is 0 Å². The molecule has 0 radical (unpaired) electrons. The fraction of sp³-hybridized carbons (Fsp3) is 0.600. The number of halogens is 1. The average molecular weight is 300 g/mol. The lowest BCUT2D eigenvalue weighted by Crippen LogP contribution is -2.33. The van der Waals surface area contributed by atoms with Crippen molar-refractivity contribution in [3.8, 4) is 11.5 Å². The summed E-state index contributed by atoms with van der Waals surface area (Å²) in [5, 5.41) is 10.7. The lowest BCUT2D eigenvalue weighted by molar-refractivity contribution is -0.00268. The Morgan fingerprint density at radius 3 is 2.90 bits per heavy atom. The Morgan fingerprint density at radius 1 is 1.45 bits per heavy atom. The molecule has 1 aromatic carbocycles. The summed E-state index contributed by atoms with van der Waals surface area (Å²) in [6.07, 6.45) is 3.79. The van der Waals surface area contributed by atoms with Crippen LogP contribution in [0.4, 0.5) is 0 Å². The normalized spacial score (nSPS) is 19.3. The van der Waals surface area contributed by atoms with E-state index in [-0.39, 0.29) is 11.9 Å². The highest BCUT2D eigenvalue weighted by Crippen LogP contribution is 2.34. The summed E-state index contributed by atoms with van der Waals surface area (Å²) in [5.74, 6) is 0.572. The number of benzene rings is 1. The maximum absolute atomic E-state index is 10.1. The van der Waals surface area contributed by atoms with Gasteiger partial charge in [0, 0.05) is 36.3 Å². The summed E-state index contributed by atoms with van der Waals surface area (Å²) >= 11 is 6.04. The van der Waals surface area contributed by atoms with Gasteiger partial charge in [0.15, 0.2) is 11.5 Å². The second-order valence-corrected chi connectivity index (χ2v) is 5.74. The van der Waals surface area contributed by atoms with Gasteiger partial charge in [-0.05, 0) is 32.4 Å². The van der Waals surface area contributed by atoms with Gasteiger partial charge in [-0.1, -0.05) is 11.6 Å². The summed E-state index contributed by atoms with van der Waals surface area (Å²) in [6.45, 7) is 2.33. The van der Waals surface area contributed by atoms with E-state index < -0.39 is 0 Å². The number of phenols is 1. The largest absolute Gasteiger partial charge is 0.504 e. The van der Waals surface area contributed by atoms with Gasteiger partial charge < -0.3 is 14.6 Å². The molecule has 0 bridgehead atoms. The molecular formula is C15H22ClNO3. The molecular weight excluding hydrogens is 278 g/mol. The number of phenolic OH excluding ortho intramolecular Hbond substituents is 1. The number of likely N-dealkylation sites (N-methyl/N-ethyl adjacent to an activating group) is 1. The maximum Gasteiger partial charge on any atom is 0.162 e. The fourth-order valence-electron chi connectivity index (χ4n) is 2.56. The Balaban J connectivity index is 1.99. The first-order valence-electron chi connectivity index (χ1n) is 6.95. The van der Waals surface area contributed by atoms with E-state index in [1.54, 1.807) is 12.1 Å². The Labute approximate surface area is 125 Å². The molecule has 2 rings (SSSR count). The lowest BCUT2D eigenvalue weighted by Gasteiger charge is -2.27. The van der Waals surface area contributed by atoms with Crippen molar-refractivity contribution in [2.24, 2.45) is 0 Å². The summed E-state index contributed by atoms with van der Waals surface area (Å²) in [6, 6.07) is 3.39. The van der Waals surface area contributed by atoms with Crippen molar-refractivity contribution in [2.45, 2.75) is 31.9 Å². The van der Waals surface area contributed by atoms with Crippen molar-refractivity contribution < 1.29 is 14.6 Å². The Hall–Kier alpha value is -0.970. The number of methoxy groups -OCH3 is 1. The molecule has 1 aliphatic rings. The summed E-state index contributed by atoms with van der Waals surface area (Å²) in [4.78, 5) is 2.14. The van der Waals surface area contributed by atoms with Crippen LogP contribution in [0.3, 0.4) is 0 Å². The number of nitrogens with zero attached hydrogens (tertiary/aromatic N) is 1. The molecule has 1 aromatic rings. The second kappa shape index (κ2) is 7.16. The van der Waals surface area contributed by atoms with Crippen LogP contribution >= 0.6 is 11.6 Å². The van der Waals surface area contributed by atoms with Gasteiger partial charge in [0.05, 0.1) is 13.2 Å². The number of aromatic hydroxyl groups is 1. The van der Waals surface area contributed by atoms with Crippen LogP contribution in [0.1, 0.15) is 24.8 Å². The molecule has 1 heterocycles. The molecule has 1 unspecified atom stereocenters. The van der Waals surface area contributed by atoms with Crippen molar-refractivity contribution in [2.75, 3.05) is 27.3 Å². The van der Waals surface area contributed by atoms with Crippen molar-refractivity contribution in [3.63, 3.8) is 0 Å². The van der Waals surface area contributed by atoms with Crippen molar-refractivity contribution in [1.82, 2.24) is 4.90 Å². The van der Waals surface area contributed by atoms with Gasteiger partial charge in [0.2, 0.25) is 0 Å². The fourth-order valence-corrected chi connectivity index (χ4v) is 2.79. The third-order valence-electron chi connectivity index (χ3n) is 3.57. The van der Waals surface area contributed by atoms with Crippen molar-refractivity contribution >= 4 is 11.6 Å². The number of hydrogen-bond donors (Lipinski definition) is 1. The zero-order valence-electron chi connectivity index (χ0n) is 12.1. The summed E-state index contributed by atoms with van der Waals surface area (Å²) in [7, 11) is 3.54. The third-order valence-corrected chi connectivity index (χ3v) is 3.79. The molecule has 0 aliphatic carbocycles. The SMILES string of the molecule is COc1cc(Cl)cc(CN(C)CC2CCCCO2)c1O. The van der Waals surface area contributed by atoms with Gasteiger partial charge in [0.25, 0.3) is 0 Å². The van der Waals surface area contributed by atoms with Crippen LogP contribution < -0.4 is 4.74 Å². The zero-order chi connectivity index (χ0) is 14.5. The smallest absolute Gasteiger partial charge is 0.162 e. The first-order valence-corrected chi connectivity index (χ1v) is 7.33. The van der Waals surface area contributed by atoms with E-state index in [4.69, 9.17) is 21.1 Å². The molecule has 1 fully saturated rings. The Kier molecular flexibility index (Phi) is 5.52. The molecule has 1 saturated heterocycles. The molecule has 0 amide bonds. The molecule has 4 nitrogen and oxygen atoms in total. The average Bonchev–Trinajstić information content (AvgIpc) is 2.43. The zero-order valence-corrected chi connectivity index (χ0v) is 12.8. The predicted molar refractivity (Wildman–Crippen MR) is 79.6 cm³/mol. The van der Waals surface area contributed by atoms with Crippen molar-refractivity contribution in [1.29, 1.82) is 0 Å². The molecule has 112 valence electrons. The predicted octanol–water partition coefficient (Wildman–Crippen LogP) is 3.06. The molecule has 0 spiro atoms. The van der Waals surface area contributed by atoms with E-state index in [9.17, 15) is 5.11 Å². The number of ether oxygens (including phenoxy) is 2. The highest BCUT2D eigenvalue weighted by atomic mass is 35.5. The second-order valence-electron chi connectivity index (χ2n) is 5.30. The van der Waals surface area contributed by atoms with Crippen LogP contribution in [0.5, 0.6) is 11.5 Å². The highest BCUT2D eigenvalue weighted by molar-refractivity contribution is 6.30. The van der Waals surface area contributed by atoms with Crippen molar-refractivity contribution in [3.05, 3.63) is 22.7 Å². The first kappa shape index (κ1) is 15.4. The van der Waals surface area contributed by atoms with Crippen LogP contribution in [-0.4, -0.2) is 43.4 Å². The molecule has 5 heteroatoms. The van der Waals surface area contributed by atoms with Crippen LogP contribution in [0.15, 0.2) is 12.1 Å². The highest BCUT2D eigenvalue weighted by Gasteiger charge is 2.17. The molecule has 0 aromatic heterocycles. The van der Waals surface area contributed by atoms with Crippen LogP contribution in [0.25, 0.3) is 0 Å². The Morgan fingerprint density at radius 2 is 2.25 bits per heavy atom. The van der Waals surface area contributed by atoms with Crippen LogP contribution in [-0.2, 0) is 11.3 Å². The number of hydrogen-bond acceptors (Lipinski definition) is 4. The minimum Gasteiger partial charge on any atom is -0.504 e. The van der Waals surface area contributed by atoms with Gasteiger partial charge in [-0.3, -0.25) is 4.90 Å². The third kappa shape index (κ3) is 4.01. The first-order chi connectivity index (χ1) is 9.60. The minimum absolute atomic E-state index is 0.160. The monoisotopic (exact) mass is 299 g/mol. The molecule has 1 N–H and O–H groups in total. The maximum atomic E-state index is 10.1. The molecule has 20 heavy (non-hydrogen) atoms. The standard InChI is InChI=1S/C15H22ClNO3/c1-17(10-13-5-3-4-6-20-13)9-11-7-12(16)8-14(19-2)15(11)18/h7-8,13,18H,3-6,9-10H2,1-2H3. The van der Waals surface area contributed by atoms with Gasteiger partial charge in [-0.25, -0.2) is 0 Å². The number of rotatable bonds is 5. The van der Waals surface area contributed by atoms with E-state index in [0.717, 1.165) is 31.6 Å². The molecule has 0 saturated carbocycles. The molecule has 1 atom stereocenters. The van der Waals surface area contributed by atoms with Crippen LogP contribution in [0.2, 0.25) is 5.02 Å².